The molecule has 0 saturated carbocycles. The molecule has 0 aliphatic carbocycles. The largest absolute Gasteiger partial charge is 0.507 e. The third kappa shape index (κ3) is 4.30. The number of rotatable bonds is 1. The van der Waals surface area contributed by atoms with Gasteiger partial charge in [-0.1, -0.05) is 24.3 Å². The molecule has 7 aliphatic heterocycles. The first kappa shape index (κ1) is 33.1. The van der Waals surface area contributed by atoms with E-state index < -0.39 is 35.0 Å². The van der Waals surface area contributed by atoms with Gasteiger partial charge in [-0.2, -0.15) is 5.26 Å². The van der Waals surface area contributed by atoms with E-state index in [9.17, 15) is 20.3 Å². The average Bonchev–Trinajstić information content (AvgIpc) is 3.79. The first-order valence-corrected chi connectivity index (χ1v) is 19.3. The number of aromatic hydroxyl groups is 2. The number of nitrogens with one attached hydrogen (secondary N) is 2. The van der Waals surface area contributed by atoms with Crippen molar-refractivity contribution in [2.45, 2.75) is 67.7 Å². The zero-order valence-corrected chi connectivity index (χ0v) is 30.8. The smallest absolute Gasteiger partial charge is 0.231 e. The number of nitriles is 1. The van der Waals surface area contributed by atoms with Crippen LogP contribution in [0.4, 0.5) is 0 Å². The molecule has 1 unspecified atom stereocenters. The fourth-order valence-corrected chi connectivity index (χ4v) is 12.3. The van der Waals surface area contributed by atoms with E-state index in [1.165, 1.54) is 0 Å². The Morgan fingerprint density at radius 1 is 1.11 bits per heavy atom. The van der Waals surface area contributed by atoms with Crippen LogP contribution in [-0.2, 0) is 27.9 Å². The van der Waals surface area contributed by atoms with Gasteiger partial charge in [0, 0.05) is 63.2 Å². The highest BCUT2D eigenvalue weighted by atomic mass is 32.2. The number of H-pyrrole nitrogens is 1. The molecule has 53 heavy (non-hydrogen) atoms. The van der Waals surface area contributed by atoms with Crippen LogP contribution in [0.3, 0.4) is 0 Å². The van der Waals surface area contributed by atoms with Crippen LogP contribution in [0.1, 0.15) is 62.0 Å². The van der Waals surface area contributed by atoms with Gasteiger partial charge in [0.15, 0.2) is 28.8 Å². The number of phenolic OH excluding ortho intramolecular Hbond substituents is 2. The molecule has 2 fully saturated rings. The molecule has 0 amide bonds. The van der Waals surface area contributed by atoms with Gasteiger partial charge in [0.05, 0.1) is 37.1 Å². The molecule has 12 nitrogen and oxygen atoms in total. The number of para-hydroxylation sites is 1. The van der Waals surface area contributed by atoms with E-state index in [0.29, 0.717) is 47.1 Å². The maximum absolute atomic E-state index is 14.7. The lowest BCUT2D eigenvalue weighted by atomic mass is 9.71. The summed E-state index contributed by atoms with van der Waals surface area (Å²) in [5, 5.41) is 39.7. The van der Waals surface area contributed by atoms with Crippen molar-refractivity contribution in [3.63, 3.8) is 0 Å². The number of ether oxygens (including phenoxy) is 4. The van der Waals surface area contributed by atoms with Crippen LogP contribution in [0.5, 0.6) is 28.7 Å². The van der Waals surface area contributed by atoms with Crippen LogP contribution in [0.25, 0.3) is 10.9 Å². The summed E-state index contributed by atoms with van der Waals surface area (Å²) < 4.78 is 24.5. The molecule has 3 aromatic carbocycles. The number of benzene rings is 3. The Balaban J connectivity index is 1.24. The molecule has 4 aromatic rings. The molecular formula is C40H41N5O7S. The zero-order chi connectivity index (χ0) is 36.5. The lowest BCUT2D eigenvalue weighted by Gasteiger charge is -2.61. The van der Waals surface area contributed by atoms with Crippen LogP contribution in [0.15, 0.2) is 30.3 Å². The lowest BCUT2D eigenvalue weighted by Crippen LogP contribution is -2.69. The first-order chi connectivity index (χ1) is 25.7. The van der Waals surface area contributed by atoms with Crippen molar-refractivity contribution in [2.75, 3.05) is 46.5 Å². The van der Waals surface area contributed by atoms with Gasteiger partial charge >= 0.3 is 0 Å². The predicted octanol–water partition coefficient (Wildman–Crippen LogP) is 4.58. The number of aromatic amines is 1. The fourth-order valence-electron chi connectivity index (χ4n) is 10.5. The number of nitrogens with zero attached hydrogens (tertiary/aromatic N) is 3. The predicted molar refractivity (Wildman–Crippen MR) is 197 cm³/mol. The minimum atomic E-state index is -1.11. The Hall–Kier alpha value is -4.45. The second-order valence-electron chi connectivity index (χ2n) is 15.2. The Morgan fingerprint density at radius 3 is 2.74 bits per heavy atom. The molecule has 7 aliphatic rings. The van der Waals surface area contributed by atoms with Crippen LogP contribution in [0, 0.1) is 25.2 Å². The molecule has 274 valence electrons. The molecule has 4 bridgehead atoms. The van der Waals surface area contributed by atoms with Crippen molar-refractivity contribution < 1.29 is 34.0 Å². The normalized spacial score (nSPS) is 30.3. The van der Waals surface area contributed by atoms with Crippen LogP contribution >= 0.6 is 11.8 Å². The van der Waals surface area contributed by atoms with Gasteiger partial charge in [0.2, 0.25) is 6.79 Å². The number of aryl methyl sites for hydroxylation is 1. The highest BCUT2D eigenvalue weighted by Crippen LogP contribution is 2.64. The summed E-state index contributed by atoms with van der Waals surface area (Å²) in [5.41, 5.74) is 6.40. The molecule has 7 atom stereocenters. The van der Waals surface area contributed by atoms with Gasteiger partial charge in [-0.3, -0.25) is 19.9 Å². The van der Waals surface area contributed by atoms with E-state index in [4.69, 9.17) is 18.9 Å². The summed E-state index contributed by atoms with van der Waals surface area (Å²) in [6, 6.07) is 10.7. The number of hydrogen-bond donors (Lipinski definition) is 4. The summed E-state index contributed by atoms with van der Waals surface area (Å²) in [6.07, 6.45) is 1.31. The van der Waals surface area contributed by atoms with Gasteiger partial charge in [-0.15, -0.1) is 11.8 Å². The van der Waals surface area contributed by atoms with Gasteiger partial charge < -0.3 is 34.1 Å². The number of hydrogen-bond acceptors (Lipinski definition) is 12. The summed E-state index contributed by atoms with van der Waals surface area (Å²) in [7, 11) is 3.60. The summed E-state index contributed by atoms with van der Waals surface area (Å²) >= 11 is 1.59. The van der Waals surface area contributed by atoms with Gasteiger partial charge in [0.25, 0.3) is 0 Å². The van der Waals surface area contributed by atoms with E-state index in [1.54, 1.807) is 18.9 Å². The number of fused-ring (bicyclic) bond motifs is 12. The second-order valence-corrected chi connectivity index (χ2v) is 16.3. The van der Waals surface area contributed by atoms with Crippen molar-refractivity contribution in [2.24, 2.45) is 0 Å². The maximum atomic E-state index is 14.7. The number of carbonyl (C=O) groups is 1. The number of thioether (sulfide) groups is 1. The van der Waals surface area contributed by atoms with E-state index in [-0.39, 0.29) is 43.3 Å². The number of aromatic nitrogens is 1. The van der Waals surface area contributed by atoms with E-state index in [1.807, 2.05) is 39.1 Å². The quantitative estimate of drug-likeness (QED) is 0.217. The lowest BCUT2D eigenvalue weighted by molar-refractivity contribution is -0.132. The third-order valence-corrected chi connectivity index (χ3v) is 14.3. The van der Waals surface area contributed by atoms with Crippen molar-refractivity contribution in [1.82, 2.24) is 20.1 Å². The Labute approximate surface area is 310 Å². The van der Waals surface area contributed by atoms with Gasteiger partial charge in [-0.25, -0.2) is 0 Å². The van der Waals surface area contributed by atoms with Gasteiger partial charge in [-0.05, 0) is 56.5 Å². The van der Waals surface area contributed by atoms with Crippen molar-refractivity contribution in [1.29, 1.82) is 5.26 Å². The Morgan fingerprint density at radius 2 is 1.92 bits per heavy atom. The number of likely N-dealkylation sites (N-methyl/N-ethyl adjacent to an activating group) is 1. The maximum Gasteiger partial charge on any atom is 0.231 e. The zero-order valence-electron chi connectivity index (χ0n) is 30.0. The highest BCUT2D eigenvalue weighted by Gasteiger charge is 2.61. The SMILES string of the molecule is COc1c(C)cc2c(c1O)[C@@H]1C3[C@@H]4SC[C@]5(NCCc6c5[nH]c5ccccc65)C(=O)COC[C@H](c5c6c(c(C)c(O)c54)OCO6)N3[C@@H](C#N)[C@H](C2)N1C. The highest BCUT2D eigenvalue weighted by molar-refractivity contribution is 7.99. The molecule has 1 aromatic heterocycles. The number of ketones is 1. The van der Waals surface area contributed by atoms with Crippen LogP contribution < -0.4 is 19.5 Å². The summed E-state index contributed by atoms with van der Waals surface area (Å²) in [6.45, 7) is 4.28. The summed E-state index contributed by atoms with van der Waals surface area (Å²) in [4.78, 5) is 22.8. The summed E-state index contributed by atoms with van der Waals surface area (Å²) in [5.74, 6) is 1.88. The third-order valence-electron chi connectivity index (χ3n) is 12.8. The average molecular weight is 736 g/mol. The fraction of sp³-hybridized carbons (Fsp3) is 0.450. The monoisotopic (exact) mass is 735 g/mol. The van der Waals surface area contributed by atoms with Crippen molar-refractivity contribution in [3.05, 3.63) is 75.0 Å². The molecule has 2 saturated heterocycles. The molecule has 1 spiro atoms. The molecule has 8 heterocycles. The van der Waals surface area contributed by atoms with E-state index in [2.05, 4.69) is 38.3 Å². The number of phenols is 2. The van der Waals surface area contributed by atoms with Gasteiger partial charge in [0.1, 0.15) is 23.9 Å². The Kier molecular flexibility index (Phi) is 7.36. The molecule has 0 radical (unpaired) electrons. The topological polar surface area (TPSA) is 153 Å². The molecule has 4 N–H and O–H groups in total. The standard InChI is InChI=1S/C40H41N5O7S/c1-18-11-20-12-24-25(13-41)45-26-14-50-15-27(46)40(39-22(9-10-42-40)21-7-5-6-8-23(21)43-39)16-53-38(30-29(26)37-36(51-17-52-37)19(2)33(30)47)32(45)31(44(24)3)28(20)34(48)35(18)49-4/h5-8,11,24-26,31-32,38,42-43,47-48H,9-10,12,14-17H2,1-4H3/t24-,25-,26+,31+,32?,38+,40-/m0/s1. The first-order valence-electron chi connectivity index (χ1n) is 18.2. The van der Waals surface area contributed by atoms with E-state index >= 15 is 0 Å². The van der Waals surface area contributed by atoms with Crippen molar-refractivity contribution in [3.8, 4) is 34.8 Å². The molecular weight excluding hydrogens is 695 g/mol. The number of Topliss-reactive ketones (excluding diaryl/α,β-unsaturated/α-hetero) is 1. The minimum absolute atomic E-state index is 0.00557. The second kappa shape index (κ2) is 11.8. The Bertz CT molecular complexity index is 2290. The molecule has 13 heteroatoms. The van der Waals surface area contributed by atoms with Crippen LogP contribution in [-0.4, -0.2) is 95.4 Å². The van der Waals surface area contributed by atoms with Crippen molar-refractivity contribution >= 4 is 28.4 Å². The number of piperazine rings is 1. The number of carbonyl (C=O) groups excluding carboxylic acids is 1. The van der Waals surface area contributed by atoms with Crippen LogP contribution in [0.2, 0.25) is 0 Å². The minimum Gasteiger partial charge on any atom is -0.507 e. The number of methoxy groups -OCH3 is 1. The van der Waals surface area contributed by atoms with E-state index in [0.717, 1.165) is 50.8 Å². The molecule has 11 rings (SSSR count).